The van der Waals surface area contributed by atoms with Crippen molar-refractivity contribution in [2.45, 2.75) is 18.9 Å². The minimum Gasteiger partial charge on any atom is -0.493 e. The molecule has 2 unspecified atom stereocenters. The van der Waals surface area contributed by atoms with Crippen molar-refractivity contribution in [1.82, 2.24) is 0 Å². The summed E-state index contributed by atoms with van der Waals surface area (Å²) in [4.78, 5) is 22.6. The topological polar surface area (TPSA) is 107 Å². The van der Waals surface area contributed by atoms with Gasteiger partial charge in [-0.1, -0.05) is 12.2 Å². The first-order valence-electron chi connectivity index (χ1n) is 6.80. The van der Waals surface area contributed by atoms with Crippen molar-refractivity contribution in [3.05, 3.63) is 36.4 Å². The minimum atomic E-state index is -0.401. The highest BCUT2D eigenvalue weighted by atomic mass is 16.5. The summed E-state index contributed by atoms with van der Waals surface area (Å²) < 4.78 is 5.35. The molecule has 0 fully saturated rings. The van der Waals surface area contributed by atoms with Crippen molar-refractivity contribution in [3.8, 4) is 5.75 Å². The summed E-state index contributed by atoms with van der Waals surface area (Å²) in [7, 11) is 0. The predicted molar refractivity (Wildman–Crippen MR) is 79.6 cm³/mol. The summed E-state index contributed by atoms with van der Waals surface area (Å²) in [5.41, 5.74) is 11.4. The highest BCUT2D eigenvalue weighted by molar-refractivity contribution is 5.94. The number of nitrogens with two attached hydrogens (primary N) is 2. The molecule has 6 heteroatoms. The lowest BCUT2D eigenvalue weighted by molar-refractivity contribution is -0.119. The normalized spacial score (nSPS) is 20.2. The van der Waals surface area contributed by atoms with Crippen molar-refractivity contribution in [2.75, 3.05) is 11.9 Å². The summed E-state index contributed by atoms with van der Waals surface area (Å²) in [6.07, 6.45) is 4.49. The molecule has 0 spiro atoms. The second kappa shape index (κ2) is 6.90. The molecular weight excluding hydrogens is 270 g/mol. The zero-order valence-electron chi connectivity index (χ0n) is 11.6. The Bertz CT molecular complexity index is 540. The van der Waals surface area contributed by atoms with Crippen LogP contribution in [-0.4, -0.2) is 24.5 Å². The van der Waals surface area contributed by atoms with Crippen molar-refractivity contribution < 1.29 is 14.3 Å². The summed E-state index contributed by atoms with van der Waals surface area (Å²) in [6, 6.07) is 6.91. The molecule has 1 aliphatic rings. The molecule has 21 heavy (non-hydrogen) atoms. The lowest BCUT2D eigenvalue weighted by Gasteiger charge is -2.11. The highest BCUT2D eigenvalue weighted by Crippen LogP contribution is 2.20. The third-order valence-corrected chi connectivity index (χ3v) is 3.19. The molecule has 0 heterocycles. The molecule has 6 nitrogen and oxygen atoms in total. The van der Waals surface area contributed by atoms with Crippen LogP contribution in [0, 0.1) is 5.92 Å². The van der Waals surface area contributed by atoms with Gasteiger partial charge in [-0.2, -0.15) is 0 Å². The molecule has 0 radical (unpaired) electrons. The van der Waals surface area contributed by atoms with Crippen molar-refractivity contribution in [1.29, 1.82) is 0 Å². The highest BCUT2D eigenvalue weighted by Gasteiger charge is 2.22. The summed E-state index contributed by atoms with van der Waals surface area (Å²) >= 11 is 0. The summed E-state index contributed by atoms with van der Waals surface area (Å²) in [5.74, 6) is -0.0215. The van der Waals surface area contributed by atoms with Gasteiger partial charge in [-0.25, -0.2) is 0 Å². The molecule has 2 amide bonds. The van der Waals surface area contributed by atoms with Gasteiger partial charge >= 0.3 is 0 Å². The lowest BCUT2D eigenvalue weighted by atomic mass is 10.1. The van der Waals surface area contributed by atoms with Gasteiger partial charge in [0.1, 0.15) is 5.75 Å². The van der Waals surface area contributed by atoms with Crippen LogP contribution in [0.5, 0.6) is 5.75 Å². The molecule has 0 aliphatic heterocycles. The summed E-state index contributed by atoms with van der Waals surface area (Å²) in [5, 5.41) is 2.83. The molecule has 1 aromatic rings. The van der Waals surface area contributed by atoms with Crippen LogP contribution in [0.1, 0.15) is 12.8 Å². The third kappa shape index (κ3) is 4.61. The lowest BCUT2D eigenvalue weighted by Crippen LogP contribution is -2.23. The molecule has 1 aromatic carbocycles. The smallest absolute Gasteiger partial charge is 0.231 e. The fraction of sp³-hybridized carbons (Fsp3) is 0.333. The van der Waals surface area contributed by atoms with Gasteiger partial charge in [0.2, 0.25) is 11.8 Å². The molecule has 1 aliphatic carbocycles. The van der Waals surface area contributed by atoms with Crippen LogP contribution in [0.3, 0.4) is 0 Å². The number of carbonyl (C=O) groups excluding carboxylic acids is 2. The maximum Gasteiger partial charge on any atom is 0.231 e. The van der Waals surface area contributed by atoms with Gasteiger partial charge in [-0.05, 0) is 30.7 Å². The molecule has 0 saturated heterocycles. The zero-order chi connectivity index (χ0) is 15.2. The number of hydrogen-bond donors (Lipinski definition) is 3. The quantitative estimate of drug-likeness (QED) is 0.673. The van der Waals surface area contributed by atoms with Gasteiger partial charge in [0.25, 0.3) is 0 Å². The Kier molecular flexibility index (Phi) is 4.94. The van der Waals surface area contributed by atoms with Crippen LogP contribution in [-0.2, 0) is 9.59 Å². The molecule has 0 bridgehead atoms. The van der Waals surface area contributed by atoms with E-state index >= 15 is 0 Å². The van der Waals surface area contributed by atoms with Crippen LogP contribution in [0.25, 0.3) is 0 Å². The van der Waals surface area contributed by atoms with E-state index in [0.717, 1.165) is 0 Å². The number of nitrogens with one attached hydrogen (secondary N) is 1. The van der Waals surface area contributed by atoms with Crippen molar-refractivity contribution >= 4 is 17.5 Å². The number of benzene rings is 1. The molecule has 2 rings (SSSR count). The third-order valence-electron chi connectivity index (χ3n) is 3.19. The van der Waals surface area contributed by atoms with Gasteiger partial charge in [0, 0.05) is 11.7 Å². The first-order valence-corrected chi connectivity index (χ1v) is 6.80. The maximum absolute atomic E-state index is 12.0. The van der Waals surface area contributed by atoms with E-state index < -0.39 is 5.91 Å². The SMILES string of the molecule is NC(=O)CCOc1ccc(NC(=O)C2C=CC(N)C2)cc1. The van der Waals surface area contributed by atoms with Crippen LogP contribution < -0.4 is 21.5 Å². The van der Waals surface area contributed by atoms with Crippen molar-refractivity contribution in [3.63, 3.8) is 0 Å². The van der Waals surface area contributed by atoms with Gasteiger partial charge in [0.05, 0.1) is 18.9 Å². The molecule has 5 N–H and O–H groups in total. The number of amides is 2. The minimum absolute atomic E-state index is 0.0400. The standard InChI is InChI=1S/C15H19N3O3/c16-11-2-1-10(9-11)15(20)18-12-3-5-13(6-4-12)21-8-7-14(17)19/h1-6,10-11H,7-9,16H2,(H2,17,19)(H,18,20). The molecule has 0 saturated carbocycles. The van der Waals surface area contributed by atoms with E-state index in [9.17, 15) is 9.59 Å². The van der Waals surface area contributed by atoms with E-state index in [4.69, 9.17) is 16.2 Å². The number of carbonyl (C=O) groups is 2. The predicted octanol–water partition coefficient (Wildman–Crippen LogP) is 0.783. The van der Waals surface area contributed by atoms with Gasteiger partial charge in [-0.15, -0.1) is 0 Å². The zero-order valence-corrected chi connectivity index (χ0v) is 11.6. The van der Waals surface area contributed by atoms with E-state index in [0.29, 0.717) is 17.9 Å². The first kappa shape index (κ1) is 15.1. The van der Waals surface area contributed by atoms with Crippen LogP contribution in [0.4, 0.5) is 5.69 Å². The van der Waals surface area contributed by atoms with Gasteiger partial charge < -0.3 is 21.5 Å². The Hall–Kier alpha value is -2.34. The number of anilines is 1. The van der Waals surface area contributed by atoms with E-state index in [2.05, 4.69) is 5.32 Å². The van der Waals surface area contributed by atoms with Crippen LogP contribution >= 0.6 is 0 Å². The van der Waals surface area contributed by atoms with Crippen molar-refractivity contribution in [2.24, 2.45) is 17.4 Å². The Labute approximate surface area is 123 Å². The number of primary amides is 1. The second-order valence-electron chi connectivity index (χ2n) is 4.97. The second-order valence-corrected chi connectivity index (χ2v) is 4.97. The van der Waals surface area contributed by atoms with Gasteiger partial charge in [-0.3, -0.25) is 9.59 Å². The molecule has 2 atom stereocenters. The molecule has 112 valence electrons. The van der Waals surface area contributed by atoms with E-state index in [1.807, 2.05) is 12.2 Å². The average molecular weight is 289 g/mol. The van der Waals surface area contributed by atoms with E-state index in [1.165, 1.54) is 0 Å². The Morgan fingerprint density at radius 2 is 1.95 bits per heavy atom. The Morgan fingerprint density at radius 3 is 2.52 bits per heavy atom. The van der Waals surface area contributed by atoms with E-state index in [-0.39, 0.29) is 30.9 Å². The average Bonchev–Trinajstić information content (AvgIpc) is 2.87. The number of ether oxygens (including phenoxy) is 1. The molecular formula is C15H19N3O3. The number of hydrogen-bond acceptors (Lipinski definition) is 4. The maximum atomic E-state index is 12.0. The van der Waals surface area contributed by atoms with Crippen LogP contribution in [0.2, 0.25) is 0 Å². The number of rotatable bonds is 6. The fourth-order valence-corrected chi connectivity index (χ4v) is 2.06. The Morgan fingerprint density at radius 1 is 1.24 bits per heavy atom. The van der Waals surface area contributed by atoms with Gasteiger partial charge in [0.15, 0.2) is 0 Å². The summed E-state index contributed by atoms with van der Waals surface area (Å²) in [6.45, 7) is 0.242. The first-order chi connectivity index (χ1) is 10.0. The Balaban J connectivity index is 1.83. The fourth-order valence-electron chi connectivity index (χ4n) is 2.06. The van der Waals surface area contributed by atoms with Crippen LogP contribution in [0.15, 0.2) is 36.4 Å². The monoisotopic (exact) mass is 289 g/mol. The molecule has 0 aromatic heterocycles. The largest absolute Gasteiger partial charge is 0.493 e. The van der Waals surface area contributed by atoms with E-state index in [1.54, 1.807) is 24.3 Å².